The zero-order valence-corrected chi connectivity index (χ0v) is 13.6. The van der Waals surface area contributed by atoms with E-state index in [4.69, 9.17) is 5.73 Å². The molecule has 0 bridgehead atoms. The average molecular weight is 345 g/mol. The van der Waals surface area contributed by atoms with Crippen molar-refractivity contribution in [2.45, 2.75) is 13.8 Å². The van der Waals surface area contributed by atoms with Gasteiger partial charge in [-0.25, -0.2) is 0 Å². The number of halogens is 1. The van der Waals surface area contributed by atoms with Gasteiger partial charge in [0.25, 0.3) is 5.91 Å². The zero-order valence-electron chi connectivity index (χ0n) is 12.0. The van der Waals surface area contributed by atoms with Crippen molar-refractivity contribution in [1.82, 2.24) is 4.98 Å². The molecule has 1 amide bonds. The average Bonchev–Trinajstić information content (AvgIpc) is 2.93. The van der Waals surface area contributed by atoms with Crippen LogP contribution in [0.15, 0.2) is 53.1 Å². The highest BCUT2D eigenvalue weighted by molar-refractivity contribution is 9.10. The van der Waals surface area contributed by atoms with Gasteiger partial charge in [0, 0.05) is 21.6 Å². The summed E-state index contributed by atoms with van der Waals surface area (Å²) in [5, 5.41) is 0.855. The van der Waals surface area contributed by atoms with Crippen LogP contribution in [0.2, 0.25) is 0 Å². The molecule has 108 valence electrons. The fourth-order valence-electron chi connectivity index (χ4n) is 2.15. The Balaban J connectivity index is 0.000000774. The maximum Gasteiger partial charge on any atom is 0.250 e. The summed E-state index contributed by atoms with van der Waals surface area (Å²) in [4.78, 5) is 14.4. The standard InChI is InChI=1S/C15H11BrN2O.C2H6/c16-11-4-1-9(2-5-11)10-3-6-14-12(7-10)13(8-18-14)15(17)19;1-2/h1-8,18H,(H2,17,19);1-2H3. The highest BCUT2D eigenvalue weighted by Crippen LogP contribution is 2.27. The van der Waals surface area contributed by atoms with Crippen LogP contribution in [0.3, 0.4) is 0 Å². The molecule has 3 N–H and O–H groups in total. The van der Waals surface area contributed by atoms with Gasteiger partial charge in [-0.1, -0.05) is 48.0 Å². The van der Waals surface area contributed by atoms with Crippen LogP contribution in [0, 0.1) is 0 Å². The van der Waals surface area contributed by atoms with E-state index in [1.165, 1.54) is 0 Å². The molecule has 0 aliphatic heterocycles. The number of rotatable bonds is 2. The van der Waals surface area contributed by atoms with E-state index < -0.39 is 5.91 Å². The number of amides is 1. The van der Waals surface area contributed by atoms with Gasteiger partial charge in [0.15, 0.2) is 0 Å². The maximum absolute atomic E-state index is 11.4. The molecule has 3 aromatic rings. The molecular weight excluding hydrogens is 328 g/mol. The monoisotopic (exact) mass is 344 g/mol. The Morgan fingerprint density at radius 2 is 1.67 bits per heavy atom. The van der Waals surface area contributed by atoms with E-state index in [1.807, 2.05) is 56.3 Å². The van der Waals surface area contributed by atoms with Crippen molar-refractivity contribution in [2.75, 3.05) is 0 Å². The number of carbonyl (C=O) groups excluding carboxylic acids is 1. The minimum atomic E-state index is -0.417. The van der Waals surface area contributed by atoms with Crippen molar-refractivity contribution in [3.8, 4) is 11.1 Å². The summed E-state index contributed by atoms with van der Waals surface area (Å²) in [5.41, 5.74) is 8.96. The Hall–Kier alpha value is -2.07. The predicted molar refractivity (Wildman–Crippen MR) is 91.3 cm³/mol. The van der Waals surface area contributed by atoms with Gasteiger partial charge < -0.3 is 10.7 Å². The second kappa shape index (κ2) is 6.59. The number of aromatic nitrogens is 1. The third kappa shape index (κ3) is 3.16. The molecule has 0 aliphatic rings. The lowest BCUT2D eigenvalue weighted by molar-refractivity contribution is 0.100. The van der Waals surface area contributed by atoms with E-state index in [2.05, 4.69) is 20.9 Å². The van der Waals surface area contributed by atoms with Crippen LogP contribution in [0.1, 0.15) is 24.2 Å². The lowest BCUT2D eigenvalue weighted by atomic mass is 10.0. The molecule has 0 saturated heterocycles. The first-order chi connectivity index (χ1) is 10.1. The topological polar surface area (TPSA) is 58.9 Å². The molecule has 0 fully saturated rings. The third-order valence-electron chi connectivity index (χ3n) is 3.12. The SMILES string of the molecule is CC.NC(=O)c1c[nH]c2ccc(-c3ccc(Br)cc3)cc12. The molecule has 3 nitrogen and oxygen atoms in total. The summed E-state index contributed by atoms with van der Waals surface area (Å²) in [6.45, 7) is 4.00. The zero-order chi connectivity index (χ0) is 15.4. The number of nitrogens with two attached hydrogens (primary N) is 1. The lowest BCUT2D eigenvalue weighted by Crippen LogP contribution is -2.09. The van der Waals surface area contributed by atoms with E-state index in [1.54, 1.807) is 6.20 Å². The third-order valence-corrected chi connectivity index (χ3v) is 3.65. The number of nitrogens with one attached hydrogen (secondary N) is 1. The van der Waals surface area contributed by atoms with Gasteiger partial charge in [-0.15, -0.1) is 0 Å². The molecule has 0 spiro atoms. The van der Waals surface area contributed by atoms with Crippen molar-refractivity contribution in [2.24, 2.45) is 5.73 Å². The molecule has 21 heavy (non-hydrogen) atoms. The fourth-order valence-corrected chi connectivity index (χ4v) is 2.41. The van der Waals surface area contributed by atoms with Crippen LogP contribution in [0.25, 0.3) is 22.0 Å². The van der Waals surface area contributed by atoms with Crippen molar-refractivity contribution in [1.29, 1.82) is 0 Å². The highest BCUT2D eigenvalue weighted by Gasteiger charge is 2.09. The Bertz CT molecular complexity index is 760. The van der Waals surface area contributed by atoms with E-state index in [0.717, 1.165) is 26.5 Å². The lowest BCUT2D eigenvalue weighted by Gasteiger charge is -2.03. The maximum atomic E-state index is 11.4. The number of hydrogen-bond donors (Lipinski definition) is 2. The minimum Gasteiger partial charge on any atom is -0.366 e. The van der Waals surface area contributed by atoms with Crippen LogP contribution < -0.4 is 5.73 Å². The second-order valence-electron chi connectivity index (χ2n) is 4.33. The Morgan fingerprint density at radius 3 is 2.29 bits per heavy atom. The summed E-state index contributed by atoms with van der Waals surface area (Å²) in [6.07, 6.45) is 1.65. The van der Waals surface area contributed by atoms with Crippen LogP contribution in [-0.2, 0) is 0 Å². The Kier molecular flexibility index (Phi) is 4.81. The van der Waals surface area contributed by atoms with Crippen LogP contribution in [-0.4, -0.2) is 10.9 Å². The Morgan fingerprint density at radius 1 is 1.05 bits per heavy atom. The Labute approximate surface area is 132 Å². The van der Waals surface area contributed by atoms with E-state index >= 15 is 0 Å². The predicted octanol–water partition coefficient (Wildman–Crippen LogP) is 4.72. The van der Waals surface area contributed by atoms with Crippen LogP contribution in [0.5, 0.6) is 0 Å². The van der Waals surface area contributed by atoms with Crippen LogP contribution in [0.4, 0.5) is 0 Å². The molecule has 4 heteroatoms. The minimum absolute atomic E-state index is 0.417. The van der Waals surface area contributed by atoms with Crippen molar-refractivity contribution in [3.05, 3.63) is 58.7 Å². The van der Waals surface area contributed by atoms with Crippen molar-refractivity contribution < 1.29 is 4.79 Å². The molecule has 2 aromatic carbocycles. The van der Waals surface area contributed by atoms with Gasteiger partial charge in [-0.05, 0) is 35.4 Å². The van der Waals surface area contributed by atoms with Crippen LogP contribution >= 0.6 is 15.9 Å². The molecular formula is C17H17BrN2O. The molecule has 1 heterocycles. The molecule has 0 radical (unpaired) electrons. The van der Waals surface area contributed by atoms with Gasteiger partial charge >= 0.3 is 0 Å². The summed E-state index contributed by atoms with van der Waals surface area (Å²) >= 11 is 3.42. The van der Waals surface area contributed by atoms with Crippen molar-refractivity contribution in [3.63, 3.8) is 0 Å². The number of hydrogen-bond acceptors (Lipinski definition) is 1. The quantitative estimate of drug-likeness (QED) is 0.693. The summed E-state index contributed by atoms with van der Waals surface area (Å²) < 4.78 is 1.04. The molecule has 0 aliphatic carbocycles. The summed E-state index contributed by atoms with van der Waals surface area (Å²) in [7, 11) is 0. The second-order valence-corrected chi connectivity index (χ2v) is 5.25. The normalized spacial score (nSPS) is 10.0. The number of fused-ring (bicyclic) bond motifs is 1. The number of primary amides is 1. The first kappa shape index (κ1) is 15.3. The number of aromatic amines is 1. The molecule has 0 saturated carbocycles. The number of H-pyrrole nitrogens is 1. The van der Waals surface area contributed by atoms with Crippen molar-refractivity contribution >= 4 is 32.7 Å². The van der Waals surface area contributed by atoms with Gasteiger partial charge in [0.05, 0.1) is 5.56 Å². The summed E-state index contributed by atoms with van der Waals surface area (Å²) in [5.74, 6) is -0.417. The van der Waals surface area contributed by atoms with Gasteiger partial charge in [0.2, 0.25) is 0 Å². The number of carbonyl (C=O) groups is 1. The fraction of sp³-hybridized carbons (Fsp3) is 0.118. The molecule has 0 atom stereocenters. The largest absolute Gasteiger partial charge is 0.366 e. The highest BCUT2D eigenvalue weighted by atomic mass is 79.9. The van der Waals surface area contributed by atoms with E-state index in [9.17, 15) is 4.79 Å². The first-order valence-corrected chi connectivity index (χ1v) is 7.61. The van der Waals surface area contributed by atoms with E-state index in [-0.39, 0.29) is 0 Å². The van der Waals surface area contributed by atoms with Gasteiger partial charge in [-0.3, -0.25) is 4.79 Å². The van der Waals surface area contributed by atoms with E-state index in [0.29, 0.717) is 5.56 Å². The first-order valence-electron chi connectivity index (χ1n) is 6.82. The smallest absolute Gasteiger partial charge is 0.250 e. The van der Waals surface area contributed by atoms with Gasteiger partial charge in [-0.2, -0.15) is 0 Å². The van der Waals surface area contributed by atoms with Gasteiger partial charge in [0.1, 0.15) is 0 Å². The molecule has 1 aromatic heterocycles. The summed E-state index contributed by atoms with van der Waals surface area (Å²) in [6, 6.07) is 14.0. The number of benzene rings is 2. The molecule has 3 rings (SSSR count). The molecule has 0 unspecified atom stereocenters.